The van der Waals surface area contributed by atoms with E-state index >= 15 is 0 Å². The van der Waals surface area contributed by atoms with Crippen LogP contribution in [0.3, 0.4) is 0 Å². The van der Waals surface area contributed by atoms with Crippen molar-refractivity contribution in [3.05, 3.63) is 23.8 Å². The molecule has 0 aromatic heterocycles. The van der Waals surface area contributed by atoms with Gasteiger partial charge in [-0.15, -0.1) is 0 Å². The van der Waals surface area contributed by atoms with E-state index in [0.717, 1.165) is 5.56 Å². The topological polar surface area (TPSA) is 75.7 Å². The van der Waals surface area contributed by atoms with Crippen LogP contribution in [0.25, 0.3) is 0 Å². The van der Waals surface area contributed by atoms with Crippen LogP contribution in [0.5, 0.6) is 5.75 Å². The monoisotopic (exact) mass is 225 g/mol. The molecule has 0 saturated carbocycles. The molecule has 0 aliphatic rings. The Bertz CT molecular complexity index is 358. The Balaban J connectivity index is 2.58. The fourth-order valence-electron chi connectivity index (χ4n) is 1.12. The molecule has 1 aromatic carbocycles. The highest BCUT2D eigenvalue weighted by Crippen LogP contribution is 2.19. The van der Waals surface area contributed by atoms with E-state index in [4.69, 9.17) is 10.5 Å². The molecule has 0 saturated heterocycles. The number of aliphatic hydroxyl groups excluding tert-OH is 1. The SMILES string of the molecule is Cc1cc(OC[C@H](O)C(C)(C)O)ccc1N. The van der Waals surface area contributed by atoms with Crippen molar-refractivity contribution in [2.24, 2.45) is 0 Å². The van der Waals surface area contributed by atoms with E-state index < -0.39 is 11.7 Å². The predicted molar refractivity (Wildman–Crippen MR) is 63.4 cm³/mol. The van der Waals surface area contributed by atoms with E-state index in [9.17, 15) is 10.2 Å². The molecule has 4 N–H and O–H groups in total. The Morgan fingerprint density at radius 1 is 1.44 bits per heavy atom. The average molecular weight is 225 g/mol. The van der Waals surface area contributed by atoms with Gasteiger partial charge in [0.25, 0.3) is 0 Å². The van der Waals surface area contributed by atoms with Crippen molar-refractivity contribution in [2.75, 3.05) is 12.3 Å². The Morgan fingerprint density at radius 2 is 2.06 bits per heavy atom. The van der Waals surface area contributed by atoms with Gasteiger partial charge in [-0.05, 0) is 44.5 Å². The van der Waals surface area contributed by atoms with Gasteiger partial charge in [0.2, 0.25) is 0 Å². The van der Waals surface area contributed by atoms with E-state index in [0.29, 0.717) is 11.4 Å². The summed E-state index contributed by atoms with van der Waals surface area (Å²) in [4.78, 5) is 0. The standard InChI is InChI=1S/C12H19NO3/c1-8-6-9(4-5-10(8)13)16-7-11(14)12(2,3)15/h4-6,11,14-15H,7,13H2,1-3H3/t11-/m0/s1. The van der Waals surface area contributed by atoms with Crippen LogP contribution in [0.1, 0.15) is 19.4 Å². The lowest BCUT2D eigenvalue weighted by Gasteiger charge is -2.24. The third-order valence-electron chi connectivity index (χ3n) is 2.46. The molecule has 4 heteroatoms. The number of hydrogen-bond donors (Lipinski definition) is 3. The summed E-state index contributed by atoms with van der Waals surface area (Å²) in [5.74, 6) is 0.634. The number of nitrogens with two attached hydrogens (primary N) is 1. The second-order valence-corrected chi connectivity index (χ2v) is 4.50. The molecule has 0 bridgehead atoms. The van der Waals surface area contributed by atoms with Crippen molar-refractivity contribution < 1.29 is 14.9 Å². The van der Waals surface area contributed by atoms with Crippen LogP contribution in [0, 0.1) is 6.92 Å². The van der Waals surface area contributed by atoms with Gasteiger partial charge in [-0.2, -0.15) is 0 Å². The average Bonchev–Trinajstić information content (AvgIpc) is 2.18. The van der Waals surface area contributed by atoms with E-state index in [2.05, 4.69) is 0 Å². The fraction of sp³-hybridized carbons (Fsp3) is 0.500. The molecule has 1 aromatic rings. The summed E-state index contributed by atoms with van der Waals surface area (Å²) < 4.78 is 5.36. The second-order valence-electron chi connectivity index (χ2n) is 4.50. The molecular formula is C12H19NO3. The molecule has 4 nitrogen and oxygen atoms in total. The number of nitrogen functional groups attached to an aromatic ring is 1. The number of aryl methyl sites for hydroxylation is 1. The maximum Gasteiger partial charge on any atom is 0.119 e. The molecule has 0 heterocycles. The molecule has 0 amide bonds. The zero-order valence-corrected chi connectivity index (χ0v) is 9.90. The second kappa shape index (κ2) is 4.72. The highest BCUT2D eigenvalue weighted by atomic mass is 16.5. The van der Waals surface area contributed by atoms with E-state index in [1.807, 2.05) is 6.92 Å². The number of hydrogen-bond acceptors (Lipinski definition) is 4. The van der Waals surface area contributed by atoms with Crippen molar-refractivity contribution in [3.63, 3.8) is 0 Å². The molecule has 16 heavy (non-hydrogen) atoms. The van der Waals surface area contributed by atoms with Crippen LogP contribution < -0.4 is 10.5 Å². The molecule has 0 aliphatic heterocycles. The molecule has 90 valence electrons. The molecular weight excluding hydrogens is 206 g/mol. The summed E-state index contributed by atoms with van der Waals surface area (Å²) in [6.07, 6.45) is -0.926. The van der Waals surface area contributed by atoms with Crippen LogP contribution in [0.2, 0.25) is 0 Å². The van der Waals surface area contributed by atoms with Crippen molar-refractivity contribution in [3.8, 4) is 5.75 Å². The minimum Gasteiger partial charge on any atom is -0.491 e. The summed E-state index contributed by atoms with van der Waals surface area (Å²) in [5, 5.41) is 19.1. The lowest BCUT2D eigenvalue weighted by Crippen LogP contribution is -2.40. The number of aliphatic hydroxyl groups is 2. The Labute approximate surface area is 95.7 Å². The molecule has 0 aliphatic carbocycles. The largest absolute Gasteiger partial charge is 0.491 e. The van der Waals surface area contributed by atoms with Gasteiger partial charge in [0.1, 0.15) is 18.5 Å². The number of benzene rings is 1. The first-order valence-corrected chi connectivity index (χ1v) is 5.20. The number of anilines is 1. The van der Waals surface area contributed by atoms with Gasteiger partial charge in [-0.3, -0.25) is 0 Å². The van der Waals surface area contributed by atoms with Gasteiger partial charge in [-0.25, -0.2) is 0 Å². The maximum absolute atomic E-state index is 9.57. The Kier molecular flexibility index (Phi) is 3.78. The van der Waals surface area contributed by atoms with Gasteiger partial charge in [0.05, 0.1) is 5.60 Å². The van der Waals surface area contributed by atoms with Crippen LogP contribution in [0.15, 0.2) is 18.2 Å². The molecule has 1 atom stereocenters. The van der Waals surface area contributed by atoms with Crippen LogP contribution in [-0.2, 0) is 0 Å². The summed E-state index contributed by atoms with van der Waals surface area (Å²) in [5.41, 5.74) is 6.14. The zero-order chi connectivity index (χ0) is 12.3. The third kappa shape index (κ3) is 3.40. The number of rotatable bonds is 4. The number of ether oxygens (including phenoxy) is 1. The highest BCUT2D eigenvalue weighted by Gasteiger charge is 2.24. The Morgan fingerprint density at radius 3 is 2.56 bits per heavy atom. The third-order valence-corrected chi connectivity index (χ3v) is 2.46. The molecule has 0 spiro atoms. The van der Waals surface area contributed by atoms with Gasteiger partial charge in [-0.1, -0.05) is 0 Å². The molecule has 0 radical (unpaired) electrons. The Hall–Kier alpha value is -1.26. The van der Waals surface area contributed by atoms with Crippen molar-refractivity contribution in [1.29, 1.82) is 0 Å². The minimum absolute atomic E-state index is 0.0485. The summed E-state index contributed by atoms with van der Waals surface area (Å²) in [6, 6.07) is 5.28. The molecule has 1 rings (SSSR count). The van der Waals surface area contributed by atoms with Gasteiger partial charge in [0, 0.05) is 5.69 Å². The maximum atomic E-state index is 9.57. The summed E-state index contributed by atoms with van der Waals surface area (Å²) in [7, 11) is 0. The fourth-order valence-corrected chi connectivity index (χ4v) is 1.12. The van der Waals surface area contributed by atoms with E-state index in [-0.39, 0.29) is 6.61 Å². The lowest BCUT2D eigenvalue weighted by atomic mass is 10.0. The molecule has 0 unspecified atom stereocenters. The van der Waals surface area contributed by atoms with E-state index in [1.165, 1.54) is 13.8 Å². The van der Waals surface area contributed by atoms with Crippen molar-refractivity contribution in [2.45, 2.75) is 32.5 Å². The first-order chi connectivity index (χ1) is 7.30. The minimum atomic E-state index is -1.16. The first kappa shape index (κ1) is 12.8. The van der Waals surface area contributed by atoms with Gasteiger partial charge >= 0.3 is 0 Å². The first-order valence-electron chi connectivity index (χ1n) is 5.20. The van der Waals surface area contributed by atoms with Crippen molar-refractivity contribution >= 4 is 5.69 Å². The zero-order valence-electron chi connectivity index (χ0n) is 9.90. The van der Waals surface area contributed by atoms with Crippen LogP contribution in [0.4, 0.5) is 5.69 Å². The van der Waals surface area contributed by atoms with Crippen LogP contribution in [-0.4, -0.2) is 28.5 Å². The smallest absolute Gasteiger partial charge is 0.119 e. The van der Waals surface area contributed by atoms with Crippen molar-refractivity contribution in [1.82, 2.24) is 0 Å². The summed E-state index contributed by atoms with van der Waals surface area (Å²) >= 11 is 0. The highest BCUT2D eigenvalue weighted by molar-refractivity contribution is 5.49. The predicted octanol–water partition coefficient (Wildman–Crippen LogP) is 1.09. The van der Waals surface area contributed by atoms with Crippen LogP contribution >= 0.6 is 0 Å². The molecule has 0 fully saturated rings. The normalized spacial score (nSPS) is 13.6. The van der Waals surface area contributed by atoms with E-state index in [1.54, 1.807) is 18.2 Å². The summed E-state index contributed by atoms with van der Waals surface area (Å²) in [6.45, 7) is 5.01. The lowest BCUT2D eigenvalue weighted by molar-refractivity contribution is -0.0661. The van der Waals surface area contributed by atoms with Gasteiger partial charge in [0.15, 0.2) is 0 Å². The van der Waals surface area contributed by atoms with Gasteiger partial charge < -0.3 is 20.7 Å². The quantitative estimate of drug-likeness (QED) is 0.670.